The molecule has 3 rings (SSSR count). The molecule has 6 heteroatoms. The topological polar surface area (TPSA) is 55.9 Å². The Morgan fingerprint density at radius 3 is 2.61 bits per heavy atom. The highest BCUT2D eigenvalue weighted by Gasteiger charge is 2.37. The van der Waals surface area contributed by atoms with Crippen LogP contribution in [0.25, 0.3) is 0 Å². The van der Waals surface area contributed by atoms with Gasteiger partial charge in [-0.1, -0.05) is 0 Å². The molecule has 0 aromatic heterocycles. The minimum atomic E-state index is 0.0186. The molecule has 0 bridgehead atoms. The maximum Gasteiger partial charge on any atom is 0.320 e. The third-order valence-corrected chi connectivity index (χ3v) is 4.13. The monoisotopic (exact) mass is 252 g/mol. The largest absolute Gasteiger partial charge is 0.336 e. The first-order valence-corrected chi connectivity index (χ1v) is 6.84. The summed E-state index contributed by atoms with van der Waals surface area (Å²) in [7, 11) is 0. The van der Waals surface area contributed by atoms with Crippen molar-refractivity contribution in [2.24, 2.45) is 0 Å². The molecule has 1 atom stereocenters. The number of rotatable bonds is 0. The van der Waals surface area contributed by atoms with Crippen LogP contribution in [0.3, 0.4) is 0 Å². The number of fused-ring (bicyclic) bond motifs is 1. The number of carbonyl (C=O) groups excluding carboxylic acids is 2. The Kier molecular flexibility index (Phi) is 3.01. The van der Waals surface area contributed by atoms with Gasteiger partial charge in [0.15, 0.2) is 0 Å². The molecule has 3 fully saturated rings. The van der Waals surface area contributed by atoms with Gasteiger partial charge < -0.3 is 20.0 Å². The van der Waals surface area contributed by atoms with E-state index in [0.717, 1.165) is 25.9 Å². The summed E-state index contributed by atoms with van der Waals surface area (Å²) in [6, 6.07) is 0.346. The minimum Gasteiger partial charge on any atom is -0.336 e. The molecule has 3 aliphatic rings. The summed E-state index contributed by atoms with van der Waals surface area (Å²) in [5.74, 6) is 0. The van der Waals surface area contributed by atoms with Crippen LogP contribution in [0, 0.1) is 0 Å². The molecule has 0 aliphatic carbocycles. The number of amides is 4. The van der Waals surface area contributed by atoms with E-state index in [2.05, 4.69) is 5.32 Å². The fourth-order valence-electron chi connectivity index (χ4n) is 3.06. The summed E-state index contributed by atoms with van der Waals surface area (Å²) in [4.78, 5) is 29.6. The number of urea groups is 2. The summed E-state index contributed by atoms with van der Waals surface area (Å²) < 4.78 is 0. The summed E-state index contributed by atoms with van der Waals surface area (Å²) in [5, 5.41) is 2.84. The molecule has 4 amide bonds. The van der Waals surface area contributed by atoms with Gasteiger partial charge in [-0.05, 0) is 19.3 Å². The molecule has 100 valence electrons. The van der Waals surface area contributed by atoms with Crippen molar-refractivity contribution >= 4 is 12.1 Å². The van der Waals surface area contributed by atoms with Gasteiger partial charge in [0.05, 0.1) is 6.04 Å². The van der Waals surface area contributed by atoms with Crippen molar-refractivity contribution in [1.82, 2.24) is 20.0 Å². The number of nitrogens with zero attached hydrogens (tertiary/aromatic N) is 3. The molecule has 0 aromatic rings. The van der Waals surface area contributed by atoms with Crippen LogP contribution in [-0.4, -0.2) is 72.1 Å². The predicted molar refractivity (Wildman–Crippen MR) is 66.3 cm³/mol. The van der Waals surface area contributed by atoms with Crippen molar-refractivity contribution in [2.75, 3.05) is 39.3 Å². The maximum absolute atomic E-state index is 12.4. The second-order valence-corrected chi connectivity index (χ2v) is 5.31. The quantitative estimate of drug-likeness (QED) is 0.674. The van der Waals surface area contributed by atoms with E-state index in [0.29, 0.717) is 26.2 Å². The van der Waals surface area contributed by atoms with E-state index in [4.69, 9.17) is 0 Å². The van der Waals surface area contributed by atoms with Crippen molar-refractivity contribution in [3.63, 3.8) is 0 Å². The average molecular weight is 252 g/mol. The molecular formula is C12H20N4O2. The zero-order valence-corrected chi connectivity index (χ0v) is 10.6. The third kappa shape index (κ3) is 2.00. The van der Waals surface area contributed by atoms with Crippen LogP contribution >= 0.6 is 0 Å². The molecule has 3 heterocycles. The summed E-state index contributed by atoms with van der Waals surface area (Å²) in [6.45, 7) is 4.45. The first-order valence-electron chi connectivity index (χ1n) is 6.84. The van der Waals surface area contributed by atoms with Crippen LogP contribution < -0.4 is 5.32 Å². The summed E-state index contributed by atoms with van der Waals surface area (Å²) in [6.07, 6.45) is 3.48. The molecule has 6 nitrogen and oxygen atoms in total. The normalized spacial score (nSPS) is 28.1. The zero-order valence-electron chi connectivity index (χ0n) is 10.6. The lowest BCUT2D eigenvalue weighted by molar-refractivity contribution is 0.102. The van der Waals surface area contributed by atoms with Gasteiger partial charge in [-0.15, -0.1) is 0 Å². The number of piperidine rings is 1. The van der Waals surface area contributed by atoms with E-state index in [-0.39, 0.29) is 18.1 Å². The predicted octanol–water partition coefficient (Wildman–Crippen LogP) is 0.302. The van der Waals surface area contributed by atoms with E-state index >= 15 is 0 Å². The number of hydrogen-bond acceptors (Lipinski definition) is 2. The van der Waals surface area contributed by atoms with Gasteiger partial charge in [0.25, 0.3) is 0 Å². The standard InChI is InChI=1S/C12H20N4O2/c17-11-13-8-10-9-15(6-7-16(10)11)12(18)14-4-2-1-3-5-14/h10H,1-9H2,(H,13,17). The van der Waals surface area contributed by atoms with Gasteiger partial charge in [-0.3, -0.25) is 0 Å². The Morgan fingerprint density at radius 1 is 1.06 bits per heavy atom. The fourth-order valence-corrected chi connectivity index (χ4v) is 3.06. The van der Waals surface area contributed by atoms with E-state index in [1.54, 1.807) is 0 Å². The molecule has 0 aromatic carbocycles. The van der Waals surface area contributed by atoms with Crippen LogP contribution in [0.5, 0.6) is 0 Å². The number of likely N-dealkylation sites (tertiary alicyclic amines) is 1. The summed E-state index contributed by atoms with van der Waals surface area (Å²) >= 11 is 0. The Labute approximate surface area is 107 Å². The highest BCUT2D eigenvalue weighted by atomic mass is 16.2. The van der Waals surface area contributed by atoms with Crippen LogP contribution in [-0.2, 0) is 0 Å². The Bertz CT molecular complexity index is 354. The van der Waals surface area contributed by atoms with E-state index in [1.165, 1.54) is 6.42 Å². The van der Waals surface area contributed by atoms with E-state index < -0.39 is 0 Å². The Hall–Kier alpha value is -1.46. The minimum absolute atomic E-state index is 0.0186. The molecule has 1 N–H and O–H groups in total. The lowest BCUT2D eigenvalue weighted by Crippen LogP contribution is -2.57. The van der Waals surface area contributed by atoms with Crippen LogP contribution in [0.15, 0.2) is 0 Å². The van der Waals surface area contributed by atoms with Crippen molar-refractivity contribution in [3.05, 3.63) is 0 Å². The number of carbonyl (C=O) groups is 2. The average Bonchev–Trinajstić information content (AvgIpc) is 2.80. The lowest BCUT2D eigenvalue weighted by atomic mass is 10.1. The van der Waals surface area contributed by atoms with Crippen LogP contribution in [0.1, 0.15) is 19.3 Å². The van der Waals surface area contributed by atoms with Crippen LogP contribution in [0.4, 0.5) is 9.59 Å². The van der Waals surface area contributed by atoms with Crippen molar-refractivity contribution in [2.45, 2.75) is 25.3 Å². The molecule has 1 unspecified atom stereocenters. The Morgan fingerprint density at radius 2 is 1.83 bits per heavy atom. The lowest BCUT2D eigenvalue weighted by Gasteiger charge is -2.39. The SMILES string of the molecule is O=C(N1CCCCC1)N1CCN2C(=O)NCC2C1. The number of nitrogens with one attached hydrogen (secondary N) is 1. The van der Waals surface area contributed by atoms with Crippen LogP contribution in [0.2, 0.25) is 0 Å². The highest BCUT2D eigenvalue weighted by Crippen LogP contribution is 2.17. The molecule has 0 spiro atoms. The fraction of sp³-hybridized carbons (Fsp3) is 0.833. The molecule has 3 saturated heterocycles. The molecule has 0 saturated carbocycles. The van der Waals surface area contributed by atoms with Gasteiger partial charge >= 0.3 is 12.1 Å². The van der Waals surface area contributed by atoms with Crippen molar-refractivity contribution in [1.29, 1.82) is 0 Å². The van der Waals surface area contributed by atoms with E-state index in [1.807, 2.05) is 14.7 Å². The molecular weight excluding hydrogens is 232 g/mol. The third-order valence-electron chi connectivity index (χ3n) is 4.13. The van der Waals surface area contributed by atoms with Gasteiger partial charge in [0.1, 0.15) is 0 Å². The van der Waals surface area contributed by atoms with Gasteiger partial charge in [0.2, 0.25) is 0 Å². The highest BCUT2D eigenvalue weighted by molar-refractivity contribution is 5.79. The van der Waals surface area contributed by atoms with Gasteiger partial charge in [-0.25, -0.2) is 9.59 Å². The maximum atomic E-state index is 12.4. The second kappa shape index (κ2) is 4.66. The molecule has 0 radical (unpaired) electrons. The first-order chi connectivity index (χ1) is 8.75. The molecule has 18 heavy (non-hydrogen) atoms. The van der Waals surface area contributed by atoms with E-state index in [9.17, 15) is 9.59 Å². The number of piperazine rings is 1. The summed E-state index contributed by atoms with van der Waals surface area (Å²) in [5.41, 5.74) is 0. The van der Waals surface area contributed by atoms with Crippen molar-refractivity contribution < 1.29 is 9.59 Å². The first kappa shape index (κ1) is 11.6. The molecule has 3 aliphatic heterocycles. The number of hydrogen-bond donors (Lipinski definition) is 1. The smallest absolute Gasteiger partial charge is 0.320 e. The van der Waals surface area contributed by atoms with Gasteiger partial charge in [0, 0.05) is 39.3 Å². The van der Waals surface area contributed by atoms with Gasteiger partial charge in [-0.2, -0.15) is 0 Å². The second-order valence-electron chi connectivity index (χ2n) is 5.31. The van der Waals surface area contributed by atoms with Crippen molar-refractivity contribution in [3.8, 4) is 0 Å². The zero-order chi connectivity index (χ0) is 12.5. The Balaban J connectivity index is 1.60.